The molecule has 11 heteroatoms. The molecule has 0 radical (unpaired) electrons. The standard InChI is InChI=1S/C19H24FN5O4S/c1-14-12-16(20)7-6-15(14)8-9-22-19(21-2)23-10-11-24-30(28,29)18-5-3-4-17(13-18)25(26)27/h3-7,12-13,24H,8-11H2,1-2H3,(H2,21,22,23). The van der Waals surface area contributed by atoms with Crippen molar-refractivity contribution in [1.82, 2.24) is 15.4 Å². The van der Waals surface area contributed by atoms with Crippen molar-refractivity contribution in [2.45, 2.75) is 18.2 Å². The van der Waals surface area contributed by atoms with Gasteiger partial charge in [-0.3, -0.25) is 15.1 Å². The molecule has 3 N–H and O–H groups in total. The first kappa shape index (κ1) is 23.2. The molecule has 0 unspecified atom stereocenters. The molecule has 0 saturated heterocycles. The molecule has 0 aliphatic carbocycles. The molecule has 0 heterocycles. The third-order valence-electron chi connectivity index (χ3n) is 4.26. The second-order valence-electron chi connectivity index (χ2n) is 6.40. The molecule has 0 fully saturated rings. The summed E-state index contributed by atoms with van der Waals surface area (Å²) in [5.41, 5.74) is 1.59. The van der Waals surface area contributed by atoms with Gasteiger partial charge in [0.25, 0.3) is 5.69 Å². The molecule has 9 nitrogen and oxygen atoms in total. The summed E-state index contributed by atoms with van der Waals surface area (Å²) in [5, 5.41) is 16.9. The van der Waals surface area contributed by atoms with Crippen LogP contribution in [0.4, 0.5) is 10.1 Å². The van der Waals surface area contributed by atoms with Crippen LogP contribution in [-0.2, 0) is 16.4 Å². The normalized spacial score (nSPS) is 11.9. The van der Waals surface area contributed by atoms with Gasteiger partial charge in [-0.2, -0.15) is 0 Å². The van der Waals surface area contributed by atoms with Crippen molar-refractivity contribution in [2.24, 2.45) is 4.99 Å². The number of guanidine groups is 1. The smallest absolute Gasteiger partial charge is 0.270 e. The highest BCUT2D eigenvalue weighted by Gasteiger charge is 2.17. The number of nitrogens with one attached hydrogen (secondary N) is 3. The number of aryl methyl sites for hydroxylation is 1. The second-order valence-corrected chi connectivity index (χ2v) is 8.17. The van der Waals surface area contributed by atoms with E-state index in [1.807, 2.05) is 6.92 Å². The van der Waals surface area contributed by atoms with Gasteiger partial charge in [0.2, 0.25) is 10.0 Å². The summed E-state index contributed by atoms with van der Waals surface area (Å²) in [6, 6.07) is 9.49. The van der Waals surface area contributed by atoms with E-state index in [0.29, 0.717) is 18.9 Å². The van der Waals surface area contributed by atoms with Crippen LogP contribution in [0.25, 0.3) is 0 Å². The van der Waals surface area contributed by atoms with Gasteiger partial charge < -0.3 is 10.6 Å². The maximum Gasteiger partial charge on any atom is 0.270 e. The Kier molecular flexibility index (Phi) is 8.25. The summed E-state index contributed by atoms with van der Waals surface area (Å²) in [7, 11) is -2.28. The van der Waals surface area contributed by atoms with Crippen molar-refractivity contribution >= 4 is 21.7 Å². The maximum atomic E-state index is 13.1. The summed E-state index contributed by atoms with van der Waals surface area (Å²) >= 11 is 0. The Bertz CT molecular complexity index is 1030. The number of nitro benzene ring substituents is 1. The Labute approximate surface area is 174 Å². The topological polar surface area (TPSA) is 126 Å². The zero-order valence-corrected chi connectivity index (χ0v) is 17.5. The Morgan fingerprint density at radius 3 is 2.53 bits per heavy atom. The van der Waals surface area contributed by atoms with Crippen LogP contribution < -0.4 is 15.4 Å². The second kappa shape index (κ2) is 10.6. The number of halogens is 1. The minimum Gasteiger partial charge on any atom is -0.356 e. The zero-order chi connectivity index (χ0) is 22.1. The van der Waals surface area contributed by atoms with E-state index in [9.17, 15) is 22.9 Å². The molecule has 0 spiro atoms. The van der Waals surface area contributed by atoms with Gasteiger partial charge in [0.1, 0.15) is 5.82 Å². The van der Waals surface area contributed by atoms with E-state index in [4.69, 9.17) is 0 Å². The lowest BCUT2D eigenvalue weighted by molar-refractivity contribution is -0.385. The van der Waals surface area contributed by atoms with Gasteiger partial charge in [-0.25, -0.2) is 17.5 Å². The fourth-order valence-corrected chi connectivity index (χ4v) is 3.76. The van der Waals surface area contributed by atoms with Crippen LogP contribution in [0.3, 0.4) is 0 Å². The predicted molar refractivity (Wildman–Crippen MR) is 112 cm³/mol. The number of hydrogen-bond acceptors (Lipinski definition) is 5. The SMILES string of the molecule is CN=C(NCCNS(=O)(=O)c1cccc([N+](=O)[O-])c1)NCCc1ccc(F)cc1C. The molecular formula is C19H24FN5O4S. The molecule has 0 aliphatic rings. The van der Waals surface area contributed by atoms with E-state index < -0.39 is 14.9 Å². The van der Waals surface area contributed by atoms with Crippen LogP contribution in [0, 0.1) is 22.9 Å². The molecule has 2 aromatic carbocycles. The summed E-state index contributed by atoms with van der Waals surface area (Å²) in [4.78, 5) is 14.0. The van der Waals surface area contributed by atoms with Gasteiger partial charge in [0, 0.05) is 38.8 Å². The third-order valence-corrected chi connectivity index (χ3v) is 5.72. The molecular weight excluding hydrogens is 413 g/mol. The van der Waals surface area contributed by atoms with Crippen molar-refractivity contribution in [3.63, 3.8) is 0 Å². The zero-order valence-electron chi connectivity index (χ0n) is 16.7. The monoisotopic (exact) mass is 437 g/mol. The first-order chi connectivity index (χ1) is 14.2. The first-order valence-electron chi connectivity index (χ1n) is 9.16. The Morgan fingerprint density at radius 2 is 1.87 bits per heavy atom. The van der Waals surface area contributed by atoms with Gasteiger partial charge in [0.15, 0.2) is 5.96 Å². The van der Waals surface area contributed by atoms with E-state index >= 15 is 0 Å². The highest BCUT2D eigenvalue weighted by Crippen LogP contribution is 2.16. The van der Waals surface area contributed by atoms with Crippen LogP contribution in [0.5, 0.6) is 0 Å². The van der Waals surface area contributed by atoms with Crippen LogP contribution in [0.1, 0.15) is 11.1 Å². The van der Waals surface area contributed by atoms with Crippen LogP contribution in [0.2, 0.25) is 0 Å². The van der Waals surface area contributed by atoms with E-state index in [0.717, 1.165) is 17.2 Å². The van der Waals surface area contributed by atoms with Crippen molar-refractivity contribution < 1.29 is 17.7 Å². The largest absolute Gasteiger partial charge is 0.356 e. The Morgan fingerprint density at radius 1 is 1.13 bits per heavy atom. The average molecular weight is 437 g/mol. The summed E-state index contributed by atoms with van der Waals surface area (Å²) in [6.07, 6.45) is 0.673. The fraction of sp³-hybridized carbons (Fsp3) is 0.316. The van der Waals surface area contributed by atoms with E-state index in [1.54, 1.807) is 13.1 Å². The lowest BCUT2D eigenvalue weighted by Crippen LogP contribution is -2.42. The van der Waals surface area contributed by atoms with E-state index in [2.05, 4.69) is 20.3 Å². The Balaban J connectivity index is 1.79. The number of sulfonamides is 1. The van der Waals surface area contributed by atoms with Gasteiger partial charge in [-0.1, -0.05) is 12.1 Å². The minimum absolute atomic E-state index is 0.0583. The van der Waals surface area contributed by atoms with Crippen LogP contribution in [0.15, 0.2) is 52.4 Å². The number of non-ortho nitro benzene ring substituents is 1. The number of hydrogen-bond donors (Lipinski definition) is 3. The minimum atomic E-state index is -3.87. The number of nitro groups is 1. The van der Waals surface area contributed by atoms with Gasteiger partial charge in [0.05, 0.1) is 9.82 Å². The number of aliphatic imine (C=N–C) groups is 1. The molecule has 2 aromatic rings. The highest BCUT2D eigenvalue weighted by atomic mass is 32.2. The van der Waals surface area contributed by atoms with E-state index in [1.165, 1.54) is 30.3 Å². The summed E-state index contributed by atoms with van der Waals surface area (Å²) in [5.74, 6) is 0.221. The third kappa shape index (κ3) is 6.78. The lowest BCUT2D eigenvalue weighted by atomic mass is 10.1. The van der Waals surface area contributed by atoms with Crippen LogP contribution in [-0.4, -0.2) is 46.0 Å². The molecule has 0 atom stereocenters. The van der Waals surface area contributed by atoms with Crippen LogP contribution >= 0.6 is 0 Å². The molecule has 0 bridgehead atoms. The molecule has 0 aliphatic heterocycles. The van der Waals surface area contributed by atoms with Gasteiger partial charge in [-0.05, 0) is 42.7 Å². The van der Waals surface area contributed by atoms with Gasteiger partial charge in [-0.15, -0.1) is 0 Å². The lowest BCUT2D eigenvalue weighted by Gasteiger charge is -2.13. The molecule has 0 aromatic heterocycles. The average Bonchev–Trinajstić information content (AvgIpc) is 2.71. The summed E-state index contributed by atoms with van der Waals surface area (Å²) in [6.45, 7) is 2.72. The Hall–Kier alpha value is -3.05. The number of benzene rings is 2. The van der Waals surface area contributed by atoms with Crippen molar-refractivity contribution in [1.29, 1.82) is 0 Å². The molecule has 2 rings (SSSR count). The molecule has 162 valence electrons. The quantitative estimate of drug-likeness (QED) is 0.180. The van der Waals surface area contributed by atoms with Crippen molar-refractivity contribution in [3.05, 3.63) is 69.5 Å². The van der Waals surface area contributed by atoms with Crippen molar-refractivity contribution in [3.8, 4) is 0 Å². The number of rotatable bonds is 9. The molecule has 0 amide bonds. The van der Waals surface area contributed by atoms with E-state index in [-0.39, 0.29) is 29.5 Å². The van der Waals surface area contributed by atoms with Gasteiger partial charge >= 0.3 is 0 Å². The maximum absolute atomic E-state index is 13.1. The fourth-order valence-electron chi connectivity index (χ4n) is 2.69. The first-order valence-corrected chi connectivity index (χ1v) is 10.6. The molecule has 30 heavy (non-hydrogen) atoms. The number of nitrogens with zero attached hydrogens (tertiary/aromatic N) is 2. The molecule has 0 saturated carbocycles. The highest BCUT2D eigenvalue weighted by molar-refractivity contribution is 7.89. The summed E-state index contributed by atoms with van der Waals surface area (Å²) < 4.78 is 40.1. The van der Waals surface area contributed by atoms with Crippen molar-refractivity contribution in [2.75, 3.05) is 26.7 Å². The predicted octanol–water partition coefficient (Wildman–Crippen LogP) is 1.73.